The maximum Gasteiger partial charge on any atom is 0.251 e. The van der Waals surface area contributed by atoms with E-state index >= 15 is 0 Å². The number of ether oxygens (including phenoxy) is 1. The molecule has 0 radical (unpaired) electrons. The Morgan fingerprint density at radius 2 is 2.00 bits per heavy atom. The van der Waals surface area contributed by atoms with Gasteiger partial charge in [0.05, 0.1) is 6.20 Å². The second-order valence-corrected chi connectivity index (χ2v) is 7.83. The third-order valence-electron chi connectivity index (χ3n) is 6.15. The van der Waals surface area contributed by atoms with Crippen LogP contribution < -0.4 is 10.2 Å². The van der Waals surface area contributed by atoms with E-state index in [9.17, 15) is 4.79 Å². The molecule has 1 aromatic carbocycles. The Bertz CT molecular complexity index is 853. The van der Waals surface area contributed by atoms with Gasteiger partial charge in [-0.3, -0.25) is 9.48 Å². The maximum atomic E-state index is 13.1. The van der Waals surface area contributed by atoms with Crippen LogP contribution >= 0.6 is 0 Å². The molecule has 1 fully saturated rings. The molecular formula is C23H34N4O2. The minimum absolute atomic E-state index is 0.0228. The normalized spacial score (nSPS) is 14.8. The first-order chi connectivity index (χ1) is 14.0. The Morgan fingerprint density at radius 1 is 1.28 bits per heavy atom. The summed E-state index contributed by atoms with van der Waals surface area (Å²) in [6, 6.07) is 4.77. The van der Waals surface area contributed by atoms with Crippen molar-refractivity contribution in [2.24, 2.45) is 7.05 Å². The summed E-state index contributed by atoms with van der Waals surface area (Å²) >= 11 is 0. The zero-order valence-electron chi connectivity index (χ0n) is 18.4. The van der Waals surface area contributed by atoms with Crippen LogP contribution in [0.5, 0.6) is 0 Å². The molecule has 1 aliphatic heterocycles. The monoisotopic (exact) mass is 398 g/mol. The molecule has 0 spiro atoms. The van der Waals surface area contributed by atoms with Crippen LogP contribution in [0.1, 0.15) is 59.4 Å². The summed E-state index contributed by atoms with van der Waals surface area (Å²) < 4.78 is 7.38. The number of amides is 1. The smallest absolute Gasteiger partial charge is 0.251 e. The molecule has 0 aliphatic carbocycles. The highest BCUT2D eigenvalue weighted by Gasteiger charge is 2.24. The van der Waals surface area contributed by atoms with Crippen molar-refractivity contribution < 1.29 is 9.53 Å². The predicted molar refractivity (Wildman–Crippen MR) is 117 cm³/mol. The first-order valence-corrected chi connectivity index (χ1v) is 10.7. The minimum atomic E-state index is -0.0228. The molecule has 1 saturated heterocycles. The fraction of sp³-hybridized carbons (Fsp3) is 0.565. The number of nitrogens with one attached hydrogen (secondary N) is 1. The van der Waals surface area contributed by atoms with Crippen LogP contribution in [0.4, 0.5) is 5.69 Å². The van der Waals surface area contributed by atoms with E-state index in [0.717, 1.165) is 61.4 Å². The van der Waals surface area contributed by atoms with E-state index in [2.05, 4.69) is 42.2 Å². The number of anilines is 1. The lowest BCUT2D eigenvalue weighted by atomic mass is 9.97. The Labute approximate surface area is 174 Å². The number of aromatic nitrogens is 2. The largest absolute Gasteiger partial charge is 0.381 e. The standard InChI is InChI=1S/C23H34N4O2/c1-6-18-12-21(23(28)24-14-19-15-25-26(5)17(19)4)16(3)22(13-18)27(7-2)20-8-10-29-11-9-20/h12-13,15,20H,6-11,14H2,1-5H3,(H,24,28). The van der Waals surface area contributed by atoms with Gasteiger partial charge in [0.15, 0.2) is 0 Å². The van der Waals surface area contributed by atoms with Crippen molar-refractivity contribution >= 4 is 11.6 Å². The number of hydrogen-bond donors (Lipinski definition) is 1. The number of rotatable bonds is 7. The van der Waals surface area contributed by atoms with Crippen LogP contribution in [-0.2, 0) is 24.8 Å². The second-order valence-electron chi connectivity index (χ2n) is 7.83. The van der Waals surface area contributed by atoms with Crippen molar-refractivity contribution in [3.8, 4) is 0 Å². The van der Waals surface area contributed by atoms with Crippen molar-refractivity contribution in [1.82, 2.24) is 15.1 Å². The van der Waals surface area contributed by atoms with Crippen molar-refractivity contribution in [2.45, 2.75) is 59.5 Å². The van der Waals surface area contributed by atoms with Gasteiger partial charge in [0.25, 0.3) is 5.91 Å². The van der Waals surface area contributed by atoms with Gasteiger partial charge in [0, 0.05) is 61.9 Å². The molecule has 29 heavy (non-hydrogen) atoms. The average molecular weight is 399 g/mol. The van der Waals surface area contributed by atoms with Crippen LogP contribution in [0.3, 0.4) is 0 Å². The second kappa shape index (κ2) is 9.44. The topological polar surface area (TPSA) is 59.4 Å². The lowest BCUT2D eigenvalue weighted by Gasteiger charge is -2.37. The van der Waals surface area contributed by atoms with Crippen LogP contribution in [0.15, 0.2) is 18.3 Å². The SMILES string of the molecule is CCc1cc(C(=O)NCc2cnn(C)c2C)c(C)c(N(CC)C2CCOCC2)c1. The Morgan fingerprint density at radius 3 is 2.59 bits per heavy atom. The fourth-order valence-corrected chi connectivity index (χ4v) is 4.11. The first-order valence-electron chi connectivity index (χ1n) is 10.7. The molecule has 0 atom stereocenters. The van der Waals surface area contributed by atoms with Gasteiger partial charge in [-0.25, -0.2) is 0 Å². The van der Waals surface area contributed by atoms with E-state index in [1.807, 2.05) is 30.9 Å². The van der Waals surface area contributed by atoms with Gasteiger partial charge in [-0.1, -0.05) is 6.92 Å². The van der Waals surface area contributed by atoms with E-state index < -0.39 is 0 Å². The zero-order chi connectivity index (χ0) is 21.0. The van der Waals surface area contributed by atoms with Crippen molar-refractivity contribution in [1.29, 1.82) is 0 Å². The van der Waals surface area contributed by atoms with Gasteiger partial charge in [-0.05, 0) is 63.3 Å². The number of nitrogens with zero attached hydrogens (tertiary/aromatic N) is 3. The summed E-state index contributed by atoms with van der Waals surface area (Å²) in [7, 11) is 1.91. The number of carbonyl (C=O) groups is 1. The van der Waals surface area contributed by atoms with Crippen LogP contribution in [-0.4, -0.2) is 41.5 Å². The number of benzene rings is 1. The van der Waals surface area contributed by atoms with Crippen molar-refractivity contribution in [3.63, 3.8) is 0 Å². The molecular weight excluding hydrogens is 364 g/mol. The molecule has 1 aromatic heterocycles. The summed E-state index contributed by atoms with van der Waals surface area (Å²) in [6.45, 7) is 11.5. The Kier molecular flexibility index (Phi) is 6.96. The zero-order valence-corrected chi connectivity index (χ0v) is 18.4. The minimum Gasteiger partial charge on any atom is -0.381 e. The van der Waals surface area contributed by atoms with E-state index in [0.29, 0.717) is 12.6 Å². The first kappa shape index (κ1) is 21.4. The van der Waals surface area contributed by atoms with Gasteiger partial charge < -0.3 is 15.0 Å². The van der Waals surface area contributed by atoms with Gasteiger partial charge in [0.2, 0.25) is 0 Å². The highest BCUT2D eigenvalue weighted by Crippen LogP contribution is 2.30. The van der Waals surface area contributed by atoms with Crippen LogP contribution in [0.25, 0.3) is 0 Å². The van der Waals surface area contributed by atoms with Crippen molar-refractivity contribution in [2.75, 3.05) is 24.7 Å². The predicted octanol–water partition coefficient (Wildman–Crippen LogP) is 3.53. The quantitative estimate of drug-likeness (QED) is 0.775. The molecule has 0 unspecified atom stereocenters. The van der Waals surface area contributed by atoms with Gasteiger partial charge in [0.1, 0.15) is 0 Å². The number of carbonyl (C=O) groups excluding carboxylic acids is 1. The molecule has 2 aromatic rings. The Balaban J connectivity index is 1.86. The molecule has 3 rings (SSSR count). The number of hydrogen-bond acceptors (Lipinski definition) is 4. The highest BCUT2D eigenvalue weighted by atomic mass is 16.5. The molecule has 0 bridgehead atoms. The summed E-state index contributed by atoms with van der Waals surface area (Å²) in [5.74, 6) is -0.0228. The summed E-state index contributed by atoms with van der Waals surface area (Å²) in [6.07, 6.45) is 4.79. The van der Waals surface area contributed by atoms with Crippen LogP contribution in [0.2, 0.25) is 0 Å². The molecule has 6 nitrogen and oxygen atoms in total. The molecule has 1 amide bonds. The van der Waals surface area contributed by atoms with Gasteiger partial charge >= 0.3 is 0 Å². The molecule has 2 heterocycles. The summed E-state index contributed by atoms with van der Waals surface area (Å²) in [5.41, 5.74) is 6.31. The third kappa shape index (κ3) is 4.64. The van der Waals surface area contributed by atoms with Crippen molar-refractivity contribution in [3.05, 3.63) is 46.3 Å². The average Bonchev–Trinajstić information content (AvgIpc) is 3.06. The molecule has 0 saturated carbocycles. The molecule has 158 valence electrons. The Hall–Kier alpha value is -2.34. The maximum absolute atomic E-state index is 13.1. The third-order valence-corrected chi connectivity index (χ3v) is 6.15. The van der Waals surface area contributed by atoms with Gasteiger partial charge in [-0.15, -0.1) is 0 Å². The summed E-state index contributed by atoms with van der Waals surface area (Å²) in [4.78, 5) is 15.5. The number of aryl methyl sites for hydroxylation is 2. The van der Waals surface area contributed by atoms with Gasteiger partial charge in [-0.2, -0.15) is 5.10 Å². The van der Waals surface area contributed by atoms with E-state index in [4.69, 9.17) is 4.74 Å². The molecule has 6 heteroatoms. The lowest BCUT2D eigenvalue weighted by Crippen LogP contribution is -2.40. The highest BCUT2D eigenvalue weighted by molar-refractivity contribution is 5.97. The van der Waals surface area contributed by atoms with E-state index in [1.54, 1.807) is 0 Å². The summed E-state index contributed by atoms with van der Waals surface area (Å²) in [5, 5.41) is 7.35. The lowest BCUT2D eigenvalue weighted by molar-refractivity contribution is 0.0845. The van der Waals surface area contributed by atoms with Crippen LogP contribution in [0, 0.1) is 13.8 Å². The van der Waals surface area contributed by atoms with E-state index in [-0.39, 0.29) is 5.91 Å². The fourth-order valence-electron chi connectivity index (χ4n) is 4.11. The molecule has 1 N–H and O–H groups in total. The molecule has 1 aliphatic rings. The van der Waals surface area contributed by atoms with E-state index in [1.165, 1.54) is 11.3 Å².